The van der Waals surface area contributed by atoms with E-state index in [2.05, 4.69) is 0 Å². The number of carbonyl (C=O) groups excluding carboxylic acids is 1. The Hall–Kier alpha value is -1.75. The highest BCUT2D eigenvalue weighted by Gasteiger charge is 2.44. The van der Waals surface area contributed by atoms with Gasteiger partial charge in [0.1, 0.15) is 6.10 Å². The number of allylic oxidation sites excluding steroid dienone is 2. The standard InChI is InChI=1S/C16H19NO3/c1-20-16(10-6-5-9-14(16)17)15(19)13(18)11-12-7-3-2-4-8-12/h2-10,13-14,18H,11,17H2,1H3. The number of aliphatic hydroxyl groups is 1. The quantitative estimate of drug-likeness (QED) is 0.839. The molecule has 3 N–H and O–H groups in total. The molecule has 1 aliphatic carbocycles. The Balaban J connectivity index is 2.17. The van der Waals surface area contributed by atoms with Crippen molar-refractivity contribution in [2.24, 2.45) is 5.73 Å². The summed E-state index contributed by atoms with van der Waals surface area (Å²) in [5.41, 5.74) is 5.56. The molecule has 4 nitrogen and oxygen atoms in total. The normalized spacial score (nSPS) is 26.4. The van der Waals surface area contributed by atoms with Gasteiger partial charge in [-0.3, -0.25) is 4.79 Å². The number of methoxy groups -OCH3 is 1. The number of aliphatic hydroxyl groups excluding tert-OH is 1. The van der Waals surface area contributed by atoms with Crippen molar-refractivity contribution in [3.63, 3.8) is 0 Å². The number of benzene rings is 1. The molecular formula is C16H19NO3. The van der Waals surface area contributed by atoms with Gasteiger partial charge in [0.15, 0.2) is 11.4 Å². The highest BCUT2D eigenvalue weighted by molar-refractivity contribution is 5.94. The second kappa shape index (κ2) is 6.13. The molecule has 3 atom stereocenters. The summed E-state index contributed by atoms with van der Waals surface area (Å²) in [5.74, 6) is -0.419. The van der Waals surface area contributed by atoms with Crippen LogP contribution >= 0.6 is 0 Å². The van der Waals surface area contributed by atoms with E-state index in [1.807, 2.05) is 30.3 Å². The van der Waals surface area contributed by atoms with Crippen LogP contribution in [-0.4, -0.2) is 35.7 Å². The van der Waals surface area contributed by atoms with Gasteiger partial charge < -0.3 is 15.6 Å². The van der Waals surface area contributed by atoms with Gasteiger partial charge in [0.05, 0.1) is 6.04 Å². The lowest BCUT2D eigenvalue weighted by molar-refractivity contribution is -0.145. The van der Waals surface area contributed by atoms with Gasteiger partial charge in [-0.2, -0.15) is 0 Å². The van der Waals surface area contributed by atoms with Crippen LogP contribution in [0.15, 0.2) is 54.6 Å². The van der Waals surface area contributed by atoms with Crippen LogP contribution < -0.4 is 5.73 Å². The predicted molar refractivity (Wildman–Crippen MR) is 77.2 cm³/mol. The van der Waals surface area contributed by atoms with Crippen LogP contribution in [0, 0.1) is 0 Å². The van der Waals surface area contributed by atoms with E-state index in [9.17, 15) is 9.90 Å². The Kier molecular flexibility index (Phi) is 4.49. The molecule has 4 heteroatoms. The number of hydrogen-bond acceptors (Lipinski definition) is 4. The molecule has 1 aliphatic rings. The van der Waals surface area contributed by atoms with E-state index in [0.29, 0.717) is 0 Å². The zero-order valence-corrected chi connectivity index (χ0v) is 11.4. The van der Waals surface area contributed by atoms with Crippen molar-refractivity contribution in [3.8, 4) is 0 Å². The first-order valence-electron chi connectivity index (χ1n) is 6.53. The van der Waals surface area contributed by atoms with E-state index in [1.54, 1.807) is 24.3 Å². The first kappa shape index (κ1) is 14.7. The van der Waals surface area contributed by atoms with Crippen LogP contribution in [0.2, 0.25) is 0 Å². The van der Waals surface area contributed by atoms with Gasteiger partial charge >= 0.3 is 0 Å². The first-order valence-corrected chi connectivity index (χ1v) is 6.53. The largest absolute Gasteiger partial charge is 0.385 e. The van der Waals surface area contributed by atoms with Crippen molar-refractivity contribution in [2.75, 3.05) is 7.11 Å². The molecule has 0 radical (unpaired) electrons. The summed E-state index contributed by atoms with van der Waals surface area (Å²) in [4.78, 5) is 12.5. The van der Waals surface area contributed by atoms with E-state index in [-0.39, 0.29) is 6.42 Å². The van der Waals surface area contributed by atoms with Crippen molar-refractivity contribution in [1.29, 1.82) is 0 Å². The Morgan fingerprint density at radius 2 is 2.10 bits per heavy atom. The van der Waals surface area contributed by atoms with E-state index in [0.717, 1.165) is 5.56 Å². The lowest BCUT2D eigenvalue weighted by Crippen LogP contribution is -2.57. The van der Waals surface area contributed by atoms with Gasteiger partial charge in [0.25, 0.3) is 0 Å². The van der Waals surface area contributed by atoms with Crippen LogP contribution in [0.4, 0.5) is 0 Å². The lowest BCUT2D eigenvalue weighted by Gasteiger charge is -2.35. The fraction of sp³-hybridized carbons (Fsp3) is 0.312. The van der Waals surface area contributed by atoms with Crippen molar-refractivity contribution < 1.29 is 14.6 Å². The number of carbonyl (C=O) groups is 1. The second-order valence-corrected chi connectivity index (χ2v) is 4.84. The molecule has 0 aliphatic heterocycles. The SMILES string of the molecule is COC1(C(=O)C(O)Cc2ccccc2)C=CC=CC1N. The minimum absolute atomic E-state index is 0.245. The summed E-state index contributed by atoms with van der Waals surface area (Å²) in [7, 11) is 1.43. The van der Waals surface area contributed by atoms with E-state index in [1.165, 1.54) is 7.11 Å². The van der Waals surface area contributed by atoms with Crippen LogP contribution in [-0.2, 0) is 16.0 Å². The van der Waals surface area contributed by atoms with Crippen LogP contribution in [0.25, 0.3) is 0 Å². The zero-order chi connectivity index (χ0) is 14.6. The summed E-state index contributed by atoms with van der Waals surface area (Å²) in [5, 5.41) is 10.2. The molecule has 0 saturated carbocycles. The molecule has 1 aromatic carbocycles. The van der Waals surface area contributed by atoms with E-state index in [4.69, 9.17) is 10.5 Å². The van der Waals surface area contributed by atoms with Crippen molar-refractivity contribution in [2.45, 2.75) is 24.2 Å². The summed E-state index contributed by atoms with van der Waals surface area (Å²) >= 11 is 0. The number of ether oxygens (including phenoxy) is 1. The zero-order valence-electron chi connectivity index (χ0n) is 11.4. The lowest BCUT2D eigenvalue weighted by atomic mass is 9.82. The number of rotatable bonds is 5. The van der Waals surface area contributed by atoms with Crippen molar-refractivity contribution >= 4 is 5.78 Å². The molecular weight excluding hydrogens is 254 g/mol. The Morgan fingerprint density at radius 1 is 1.40 bits per heavy atom. The second-order valence-electron chi connectivity index (χ2n) is 4.84. The number of hydrogen-bond donors (Lipinski definition) is 2. The fourth-order valence-corrected chi connectivity index (χ4v) is 2.38. The summed E-state index contributed by atoms with van der Waals surface area (Å²) in [6.07, 6.45) is 5.86. The molecule has 2 rings (SSSR count). The van der Waals surface area contributed by atoms with Crippen molar-refractivity contribution in [1.82, 2.24) is 0 Å². The van der Waals surface area contributed by atoms with Gasteiger partial charge in [-0.25, -0.2) is 0 Å². The maximum absolute atomic E-state index is 12.5. The topological polar surface area (TPSA) is 72.5 Å². The van der Waals surface area contributed by atoms with E-state index < -0.39 is 23.5 Å². The Labute approximate surface area is 118 Å². The Morgan fingerprint density at radius 3 is 2.70 bits per heavy atom. The molecule has 3 unspecified atom stereocenters. The van der Waals surface area contributed by atoms with Crippen LogP contribution in [0.1, 0.15) is 5.56 Å². The third-order valence-electron chi connectivity index (χ3n) is 3.57. The summed E-state index contributed by atoms with van der Waals surface area (Å²) in [6.45, 7) is 0. The first-order chi connectivity index (χ1) is 9.60. The monoisotopic (exact) mass is 273 g/mol. The average molecular weight is 273 g/mol. The smallest absolute Gasteiger partial charge is 0.199 e. The molecule has 0 heterocycles. The number of Topliss-reactive ketones (excluding diaryl/α,β-unsaturated/α-hetero) is 1. The number of ketones is 1. The highest BCUT2D eigenvalue weighted by atomic mass is 16.5. The molecule has 0 aromatic heterocycles. The van der Waals surface area contributed by atoms with Gasteiger partial charge in [0.2, 0.25) is 0 Å². The fourth-order valence-electron chi connectivity index (χ4n) is 2.38. The van der Waals surface area contributed by atoms with Gasteiger partial charge in [-0.15, -0.1) is 0 Å². The highest BCUT2D eigenvalue weighted by Crippen LogP contribution is 2.24. The van der Waals surface area contributed by atoms with Gasteiger partial charge in [0, 0.05) is 13.5 Å². The van der Waals surface area contributed by atoms with Crippen LogP contribution in [0.5, 0.6) is 0 Å². The number of nitrogens with two attached hydrogens (primary N) is 1. The molecule has 0 fully saturated rings. The minimum Gasteiger partial charge on any atom is -0.385 e. The maximum Gasteiger partial charge on any atom is 0.199 e. The molecule has 106 valence electrons. The third-order valence-corrected chi connectivity index (χ3v) is 3.57. The average Bonchev–Trinajstić information content (AvgIpc) is 2.48. The van der Waals surface area contributed by atoms with Gasteiger partial charge in [-0.1, -0.05) is 48.6 Å². The maximum atomic E-state index is 12.5. The molecule has 0 saturated heterocycles. The predicted octanol–water partition coefficient (Wildman–Crippen LogP) is 0.998. The molecule has 1 aromatic rings. The Bertz CT molecular complexity index is 524. The molecule has 0 spiro atoms. The summed E-state index contributed by atoms with van der Waals surface area (Å²) < 4.78 is 5.34. The van der Waals surface area contributed by atoms with Crippen LogP contribution in [0.3, 0.4) is 0 Å². The molecule has 20 heavy (non-hydrogen) atoms. The van der Waals surface area contributed by atoms with Crippen molar-refractivity contribution in [3.05, 3.63) is 60.2 Å². The van der Waals surface area contributed by atoms with E-state index >= 15 is 0 Å². The molecule has 0 amide bonds. The summed E-state index contributed by atoms with van der Waals surface area (Å²) in [6, 6.07) is 8.76. The molecule has 0 bridgehead atoms. The minimum atomic E-state index is -1.29. The van der Waals surface area contributed by atoms with Gasteiger partial charge in [-0.05, 0) is 11.6 Å². The third kappa shape index (κ3) is 2.72.